The number of nitrogens with one attached hydrogen (secondary N) is 2. The van der Waals surface area contributed by atoms with E-state index in [4.69, 9.17) is 14.7 Å². The molecule has 2 aromatic rings. The number of hydrogen-bond acceptors (Lipinski definition) is 4. The summed E-state index contributed by atoms with van der Waals surface area (Å²) in [6.07, 6.45) is 0. The lowest BCUT2D eigenvalue weighted by Gasteiger charge is -2.17. The Bertz CT molecular complexity index is 784. The van der Waals surface area contributed by atoms with Gasteiger partial charge in [0.1, 0.15) is 12.6 Å². The Hall–Kier alpha value is -3.04. The molecule has 0 heterocycles. The Kier molecular flexibility index (Phi) is 6.38. The lowest BCUT2D eigenvalue weighted by atomic mass is 10.1. The summed E-state index contributed by atoms with van der Waals surface area (Å²) in [4.78, 5) is 13.2. The van der Waals surface area contributed by atoms with Crippen LogP contribution in [-0.4, -0.2) is 33.7 Å². The van der Waals surface area contributed by atoms with E-state index in [0.717, 1.165) is 10.5 Å². The molecule has 1 unspecified atom stereocenters. The average Bonchev–Trinajstić information content (AvgIpc) is 2.61. The highest BCUT2D eigenvalue weighted by atomic mass is 16.5. The van der Waals surface area contributed by atoms with Crippen molar-refractivity contribution >= 4 is 11.6 Å². The molecule has 0 saturated carbocycles. The number of likely N-dealkylation sites (N-methyl/N-ethyl adjacent to an activating group) is 1. The summed E-state index contributed by atoms with van der Waals surface area (Å²) in [5.74, 6) is 1.20. The fraction of sp³-hybridized carbons (Fsp3) is 0.263. The summed E-state index contributed by atoms with van der Waals surface area (Å²) in [6, 6.07) is 14.7. The van der Waals surface area contributed by atoms with Crippen LogP contribution in [0.1, 0.15) is 11.1 Å². The zero-order valence-electron chi connectivity index (χ0n) is 14.6. The molecule has 0 spiro atoms. The molecule has 25 heavy (non-hydrogen) atoms. The SMILES string of the molecule is COc1cccc(C[NH+](C)CC(=O)Nc2ccccc2C#N)c1OC. The first-order valence-electron chi connectivity index (χ1n) is 7.89. The maximum Gasteiger partial charge on any atom is 0.279 e. The smallest absolute Gasteiger partial charge is 0.279 e. The topological polar surface area (TPSA) is 75.8 Å². The summed E-state index contributed by atoms with van der Waals surface area (Å²) in [5, 5.41) is 11.9. The monoisotopic (exact) mass is 340 g/mol. The van der Waals surface area contributed by atoms with Crippen LogP contribution in [0.5, 0.6) is 11.5 Å². The lowest BCUT2D eigenvalue weighted by Crippen LogP contribution is -3.08. The van der Waals surface area contributed by atoms with Gasteiger partial charge in [-0.1, -0.05) is 18.2 Å². The third-order valence-electron chi connectivity index (χ3n) is 3.76. The molecule has 0 bridgehead atoms. The van der Waals surface area contributed by atoms with E-state index in [9.17, 15) is 4.79 Å². The summed E-state index contributed by atoms with van der Waals surface area (Å²) >= 11 is 0. The van der Waals surface area contributed by atoms with Crippen molar-refractivity contribution in [3.8, 4) is 17.6 Å². The molecule has 6 nitrogen and oxygen atoms in total. The van der Waals surface area contributed by atoms with E-state index >= 15 is 0 Å². The molecule has 0 aliphatic rings. The van der Waals surface area contributed by atoms with Crippen molar-refractivity contribution in [1.29, 1.82) is 5.26 Å². The molecular weight excluding hydrogens is 318 g/mol. The second kappa shape index (κ2) is 8.71. The van der Waals surface area contributed by atoms with Gasteiger partial charge in [-0.15, -0.1) is 0 Å². The summed E-state index contributed by atoms with van der Waals surface area (Å²) in [5.41, 5.74) is 1.94. The first kappa shape index (κ1) is 18.3. The number of nitrogens with zero attached hydrogens (tertiary/aromatic N) is 1. The fourth-order valence-corrected chi connectivity index (χ4v) is 2.64. The molecule has 2 aromatic carbocycles. The van der Waals surface area contributed by atoms with E-state index < -0.39 is 0 Å². The van der Waals surface area contributed by atoms with Gasteiger partial charge in [-0.2, -0.15) is 5.26 Å². The minimum Gasteiger partial charge on any atom is -0.493 e. The van der Waals surface area contributed by atoms with Crippen LogP contribution in [0.4, 0.5) is 5.69 Å². The van der Waals surface area contributed by atoms with Gasteiger partial charge in [0.05, 0.1) is 38.1 Å². The molecule has 0 aliphatic carbocycles. The van der Waals surface area contributed by atoms with Crippen LogP contribution in [-0.2, 0) is 11.3 Å². The minimum atomic E-state index is -0.151. The molecular formula is C19H22N3O3+. The van der Waals surface area contributed by atoms with Crippen molar-refractivity contribution in [3.63, 3.8) is 0 Å². The Morgan fingerprint density at radius 2 is 1.92 bits per heavy atom. The number of anilines is 1. The highest BCUT2D eigenvalue weighted by Crippen LogP contribution is 2.30. The van der Waals surface area contributed by atoms with E-state index in [0.29, 0.717) is 29.3 Å². The second-order valence-electron chi connectivity index (χ2n) is 5.67. The largest absolute Gasteiger partial charge is 0.493 e. The summed E-state index contributed by atoms with van der Waals surface area (Å²) in [7, 11) is 5.12. The van der Waals surface area contributed by atoms with Crippen molar-refractivity contribution in [1.82, 2.24) is 0 Å². The molecule has 0 saturated heterocycles. The van der Waals surface area contributed by atoms with Crippen molar-refractivity contribution in [3.05, 3.63) is 53.6 Å². The van der Waals surface area contributed by atoms with Crippen LogP contribution in [0.15, 0.2) is 42.5 Å². The van der Waals surface area contributed by atoms with Crippen LogP contribution in [0.2, 0.25) is 0 Å². The average molecular weight is 340 g/mol. The predicted octanol–water partition coefficient (Wildman–Crippen LogP) is 1.23. The van der Waals surface area contributed by atoms with Crippen LogP contribution in [0.25, 0.3) is 0 Å². The zero-order chi connectivity index (χ0) is 18.2. The molecule has 2 N–H and O–H groups in total. The van der Waals surface area contributed by atoms with Gasteiger partial charge in [0, 0.05) is 0 Å². The van der Waals surface area contributed by atoms with Crippen LogP contribution in [0.3, 0.4) is 0 Å². The first-order valence-corrected chi connectivity index (χ1v) is 7.89. The van der Waals surface area contributed by atoms with Gasteiger partial charge in [0.2, 0.25) is 0 Å². The van der Waals surface area contributed by atoms with Crippen LogP contribution >= 0.6 is 0 Å². The number of quaternary nitrogens is 1. The molecule has 2 rings (SSSR count). The highest BCUT2D eigenvalue weighted by molar-refractivity contribution is 5.92. The minimum absolute atomic E-state index is 0.151. The third kappa shape index (κ3) is 4.72. The number of carbonyl (C=O) groups excluding carboxylic acids is 1. The van der Waals surface area contributed by atoms with Gasteiger partial charge in [-0.3, -0.25) is 4.79 Å². The van der Waals surface area contributed by atoms with Crippen molar-refractivity contribution in [2.45, 2.75) is 6.54 Å². The fourth-order valence-electron chi connectivity index (χ4n) is 2.64. The number of benzene rings is 2. The Morgan fingerprint density at radius 1 is 1.16 bits per heavy atom. The van der Waals surface area contributed by atoms with E-state index in [1.165, 1.54) is 0 Å². The molecule has 0 aliphatic heterocycles. The van der Waals surface area contributed by atoms with E-state index in [2.05, 4.69) is 11.4 Å². The van der Waals surface area contributed by atoms with Crippen LogP contribution in [0, 0.1) is 11.3 Å². The molecule has 1 amide bonds. The van der Waals surface area contributed by atoms with Gasteiger partial charge in [-0.05, 0) is 24.3 Å². The van der Waals surface area contributed by atoms with E-state index in [1.807, 2.05) is 25.2 Å². The quantitative estimate of drug-likeness (QED) is 0.795. The van der Waals surface area contributed by atoms with Crippen molar-refractivity contribution < 1.29 is 19.2 Å². The van der Waals surface area contributed by atoms with E-state index in [1.54, 1.807) is 38.5 Å². The summed E-state index contributed by atoms with van der Waals surface area (Å²) < 4.78 is 10.7. The number of carbonyl (C=O) groups is 1. The molecule has 0 aromatic heterocycles. The second-order valence-corrected chi connectivity index (χ2v) is 5.67. The first-order chi connectivity index (χ1) is 12.1. The Morgan fingerprint density at radius 3 is 2.60 bits per heavy atom. The Labute approximate surface area is 147 Å². The normalized spacial score (nSPS) is 11.3. The number of nitriles is 1. The Balaban J connectivity index is 2.02. The van der Waals surface area contributed by atoms with E-state index in [-0.39, 0.29) is 12.5 Å². The van der Waals surface area contributed by atoms with Crippen molar-refractivity contribution in [2.24, 2.45) is 0 Å². The van der Waals surface area contributed by atoms with Gasteiger partial charge in [0.15, 0.2) is 18.0 Å². The number of hydrogen-bond donors (Lipinski definition) is 2. The third-order valence-corrected chi connectivity index (χ3v) is 3.76. The molecule has 130 valence electrons. The zero-order valence-corrected chi connectivity index (χ0v) is 14.6. The number of rotatable bonds is 7. The van der Waals surface area contributed by atoms with Crippen molar-refractivity contribution in [2.75, 3.05) is 33.1 Å². The van der Waals surface area contributed by atoms with Gasteiger partial charge >= 0.3 is 0 Å². The number of ether oxygens (including phenoxy) is 2. The van der Waals surface area contributed by atoms with Crippen LogP contribution < -0.4 is 19.7 Å². The predicted molar refractivity (Wildman–Crippen MR) is 94.8 cm³/mol. The van der Waals surface area contributed by atoms with Gasteiger partial charge in [-0.25, -0.2) is 0 Å². The number of para-hydroxylation sites is 2. The maximum atomic E-state index is 12.3. The highest BCUT2D eigenvalue weighted by Gasteiger charge is 2.16. The molecule has 0 fully saturated rings. The maximum absolute atomic E-state index is 12.3. The number of amides is 1. The lowest BCUT2D eigenvalue weighted by molar-refractivity contribution is -0.885. The standard InChI is InChI=1S/C19H21N3O3/c1-22(12-15-8-6-10-17(24-2)19(15)25-3)13-18(23)21-16-9-5-4-7-14(16)11-20/h4-10H,12-13H2,1-3H3,(H,21,23)/p+1. The molecule has 6 heteroatoms. The molecule has 1 atom stereocenters. The summed E-state index contributed by atoms with van der Waals surface area (Å²) in [6.45, 7) is 0.869. The molecule has 0 radical (unpaired) electrons. The van der Waals surface area contributed by atoms with Gasteiger partial charge in [0.25, 0.3) is 5.91 Å². The number of methoxy groups -OCH3 is 2. The van der Waals surface area contributed by atoms with Gasteiger partial charge < -0.3 is 19.7 Å².